The van der Waals surface area contributed by atoms with Crippen LogP contribution in [0, 0.1) is 0 Å². The molecule has 61 heavy (non-hydrogen) atoms. The van der Waals surface area contributed by atoms with Crippen molar-refractivity contribution in [2.75, 3.05) is 16.5 Å². The topological polar surface area (TPSA) is 61.2 Å². The number of anilines is 4. The van der Waals surface area contributed by atoms with E-state index in [-0.39, 0.29) is 16.0 Å². The van der Waals surface area contributed by atoms with E-state index in [0.29, 0.717) is 19.9 Å². The SMILES string of the molecule is CC(C)(C)B1OB(c2cccc(C(C)(C)C)c2N2CN(c3cccc(COCc4ccc5c6ccccc6n(-c6ccccn6)c5c4)c3)c3ccccc32)OB(C(C)(C)C)O1. The van der Waals surface area contributed by atoms with Gasteiger partial charge in [0.1, 0.15) is 12.5 Å². The Morgan fingerprint density at radius 2 is 1.23 bits per heavy atom. The number of aromatic nitrogens is 2. The summed E-state index contributed by atoms with van der Waals surface area (Å²) in [5.74, 6) is 0.900. The zero-order valence-electron chi connectivity index (χ0n) is 37.0. The Kier molecular flexibility index (Phi) is 10.7. The summed E-state index contributed by atoms with van der Waals surface area (Å²) in [5, 5.41) is 1.90. The summed E-state index contributed by atoms with van der Waals surface area (Å²) in [6.07, 6.45) is 1.85. The third-order valence-corrected chi connectivity index (χ3v) is 11.7. The van der Waals surface area contributed by atoms with Crippen molar-refractivity contribution in [1.82, 2.24) is 9.55 Å². The van der Waals surface area contributed by atoms with E-state index in [0.717, 1.165) is 56.2 Å². The fraction of sp³-hybridized carbons (Fsp3) is 0.300. The molecule has 0 radical (unpaired) electrons. The summed E-state index contributed by atoms with van der Waals surface area (Å²) in [6.45, 7) is 21.3. The van der Waals surface area contributed by atoms with E-state index < -0.39 is 21.4 Å². The standard InChI is InChI=1S/C50H55B3N4O4/c1-48(2,3)40-21-17-22-41(51-59-52(49(4,5)6)61-53(60-51)50(7,8)9)47(40)56-34-55(43-24-12-13-25-44(43)56)37-19-16-18-35(30-37)32-58-33-36-27-28-39-38-20-10-11-23-42(38)57(45(39)31-36)46-26-14-15-29-54-46/h10-31H,32-34H2,1-9H3. The molecule has 2 aliphatic heterocycles. The number of fused-ring (bicyclic) bond motifs is 4. The maximum Gasteiger partial charge on any atom is 0.468 e. The van der Waals surface area contributed by atoms with Crippen LogP contribution in [0.1, 0.15) is 79.0 Å². The molecule has 0 unspecified atom stereocenters. The molecule has 2 aliphatic rings. The van der Waals surface area contributed by atoms with Crippen molar-refractivity contribution in [3.05, 3.63) is 150 Å². The van der Waals surface area contributed by atoms with E-state index in [1.165, 1.54) is 16.3 Å². The average molecular weight is 808 g/mol. The van der Waals surface area contributed by atoms with Crippen LogP contribution in [-0.2, 0) is 37.1 Å². The molecule has 1 fully saturated rings. The van der Waals surface area contributed by atoms with E-state index in [9.17, 15) is 0 Å². The zero-order valence-corrected chi connectivity index (χ0v) is 37.0. The Hall–Kier alpha value is -5.32. The van der Waals surface area contributed by atoms with Gasteiger partial charge in [-0.2, -0.15) is 0 Å². The smallest absolute Gasteiger partial charge is 0.452 e. The fourth-order valence-electron chi connectivity index (χ4n) is 8.62. The van der Waals surface area contributed by atoms with E-state index in [1.54, 1.807) is 0 Å². The predicted molar refractivity (Wildman–Crippen MR) is 254 cm³/mol. The van der Waals surface area contributed by atoms with Gasteiger partial charge in [-0.15, -0.1) is 0 Å². The summed E-state index contributed by atoms with van der Waals surface area (Å²) >= 11 is 0. The first-order valence-corrected chi connectivity index (χ1v) is 21.5. The van der Waals surface area contributed by atoms with Gasteiger partial charge in [0.25, 0.3) is 0 Å². The molecule has 0 N–H and O–H groups in total. The molecule has 2 aromatic heterocycles. The summed E-state index contributed by atoms with van der Waals surface area (Å²) in [6, 6.07) is 45.1. The second kappa shape index (κ2) is 15.9. The maximum absolute atomic E-state index is 6.77. The van der Waals surface area contributed by atoms with E-state index in [1.807, 2.05) is 18.3 Å². The highest BCUT2D eigenvalue weighted by atomic mass is 16.7. The van der Waals surface area contributed by atoms with Crippen LogP contribution >= 0.6 is 0 Å². The van der Waals surface area contributed by atoms with Gasteiger partial charge in [0.2, 0.25) is 0 Å². The Labute approximate surface area is 362 Å². The molecule has 4 heterocycles. The molecule has 308 valence electrons. The van der Waals surface area contributed by atoms with Crippen molar-refractivity contribution in [2.24, 2.45) is 0 Å². The number of rotatable bonds is 8. The van der Waals surface area contributed by atoms with Gasteiger partial charge in [0.15, 0.2) is 0 Å². The lowest BCUT2D eigenvalue weighted by Gasteiger charge is -2.42. The number of nitrogens with zero attached hydrogens (tertiary/aromatic N) is 4. The van der Waals surface area contributed by atoms with Crippen LogP contribution in [0.25, 0.3) is 27.6 Å². The van der Waals surface area contributed by atoms with Gasteiger partial charge in [-0.25, -0.2) is 4.98 Å². The zero-order chi connectivity index (χ0) is 42.7. The highest BCUT2D eigenvalue weighted by Gasteiger charge is 2.52. The molecule has 0 amide bonds. The van der Waals surface area contributed by atoms with Crippen molar-refractivity contribution in [3.63, 3.8) is 0 Å². The van der Waals surface area contributed by atoms with Gasteiger partial charge < -0.3 is 28.3 Å². The Balaban J connectivity index is 1.00. The van der Waals surface area contributed by atoms with Crippen LogP contribution in [0.4, 0.5) is 22.7 Å². The summed E-state index contributed by atoms with van der Waals surface area (Å²) in [7, 11) is -1.52. The Morgan fingerprint density at radius 3 is 1.92 bits per heavy atom. The van der Waals surface area contributed by atoms with Crippen molar-refractivity contribution < 1.29 is 18.5 Å². The fourth-order valence-corrected chi connectivity index (χ4v) is 8.62. The molecule has 0 spiro atoms. The number of para-hydroxylation sites is 4. The van der Waals surface area contributed by atoms with Crippen molar-refractivity contribution >= 4 is 71.4 Å². The lowest BCUT2D eigenvalue weighted by molar-refractivity contribution is 0.107. The monoisotopic (exact) mass is 808 g/mol. The van der Waals surface area contributed by atoms with Crippen LogP contribution in [0.2, 0.25) is 10.6 Å². The van der Waals surface area contributed by atoms with Crippen molar-refractivity contribution in [3.8, 4) is 5.82 Å². The number of benzene rings is 5. The molecule has 7 aromatic rings. The lowest BCUT2D eigenvalue weighted by atomic mass is 9.50. The minimum atomic E-state index is -0.625. The number of hydrogen-bond acceptors (Lipinski definition) is 7. The Morgan fingerprint density at radius 1 is 0.590 bits per heavy atom. The molecule has 0 saturated carbocycles. The van der Waals surface area contributed by atoms with Crippen LogP contribution in [0.5, 0.6) is 0 Å². The Bertz CT molecular complexity index is 2680. The van der Waals surface area contributed by atoms with Gasteiger partial charge in [0, 0.05) is 33.8 Å². The van der Waals surface area contributed by atoms with Gasteiger partial charge in [-0.3, -0.25) is 4.57 Å². The largest absolute Gasteiger partial charge is 0.468 e. The van der Waals surface area contributed by atoms with E-state index in [4.69, 9.17) is 23.4 Å². The molecule has 5 aromatic carbocycles. The molecule has 0 atom stereocenters. The molecule has 0 aliphatic carbocycles. The van der Waals surface area contributed by atoms with Gasteiger partial charge in [-0.05, 0) is 81.3 Å². The van der Waals surface area contributed by atoms with Crippen LogP contribution < -0.4 is 15.3 Å². The quantitative estimate of drug-likeness (QED) is 0.142. The third-order valence-electron chi connectivity index (χ3n) is 11.7. The number of ether oxygens (including phenoxy) is 1. The molecule has 11 heteroatoms. The second-order valence-corrected chi connectivity index (χ2v) is 19.7. The van der Waals surface area contributed by atoms with Gasteiger partial charge >= 0.3 is 21.4 Å². The van der Waals surface area contributed by atoms with Crippen molar-refractivity contribution in [1.29, 1.82) is 0 Å². The van der Waals surface area contributed by atoms with Crippen LogP contribution in [0.15, 0.2) is 134 Å². The molecular formula is C50H55B3N4O4. The normalized spacial score (nSPS) is 15.1. The third kappa shape index (κ3) is 8.01. The van der Waals surface area contributed by atoms with Gasteiger partial charge in [0.05, 0.1) is 35.6 Å². The molecule has 9 rings (SSSR count). The lowest BCUT2D eigenvalue weighted by Crippen LogP contribution is -2.59. The minimum absolute atomic E-state index is 0.164. The predicted octanol–water partition coefficient (Wildman–Crippen LogP) is 11.8. The first-order valence-electron chi connectivity index (χ1n) is 21.5. The van der Waals surface area contributed by atoms with Crippen LogP contribution in [-0.4, -0.2) is 37.6 Å². The summed E-state index contributed by atoms with van der Waals surface area (Å²) < 4.78 is 28.7. The molecule has 8 nitrogen and oxygen atoms in total. The van der Waals surface area contributed by atoms with Crippen molar-refractivity contribution in [2.45, 2.75) is 91.6 Å². The van der Waals surface area contributed by atoms with E-state index >= 15 is 0 Å². The summed E-state index contributed by atoms with van der Waals surface area (Å²) in [5.41, 5.74) is 11.0. The molecule has 0 bridgehead atoms. The number of pyridine rings is 1. The second-order valence-electron chi connectivity index (χ2n) is 19.7. The van der Waals surface area contributed by atoms with Gasteiger partial charge in [-0.1, -0.05) is 141 Å². The number of hydrogen-bond donors (Lipinski definition) is 0. The molecular weight excluding hydrogens is 753 g/mol. The maximum atomic E-state index is 6.77. The summed E-state index contributed by atoms with van der Waals surface area (Å²) in [4.78, 5) is 9.54. The highest BCUT2D eigenvalue weighted by Crippen LogP contribution is 2.47. The molecule has 1 saturated heterocycles. The average Bonchev–Trinajstić information content (AvgIpc) is 3.79. The van der Waals surface area contributed by atoms with E-state index in [2.05, 4.69) is 192 Å². The van der Waals surface area contributed by atoms with Crippen LogP contribution in [0.3, 0.4) is 0 Å². The first-order chi connectivity index (χ1) is 29.1. The highest BCUT2D eigenvalue weighted by molar-refractivity contribution is 6.81. The first kappa shape index (κ1) is 41.1. The minimum Gasteiger partial charge on any atom is -0.452 e.